The van der Waals surface area contributed by atoms with Gasteiger partial charge in [0.05, 0.1) is 17.9 Å². The fraction of sp³-hybridized carbons (Fsp3) is 0.611. The molecule has 2 aromatic rings. The van der Waals surface area contributed by atoms with Gasteiger partial charge in [-0.05, 0) is 5.92 Å². The third-order valence-corrected chi connectivity index (χ3v) is 5.59. The molecule has 1 amide bonds. The van der Waals surface area contributed by atoms with E-state index in [9.17, 15) is 4.79 Å². The first-order valence-electron chi connectivity index (χ1n) is 8.95. The minimum atomic E-state index is 0.0534. The molecule has 2 atom stereocenters. The van der Waals surface area contributed by atoms with Crippen LogP contribution >= 0.6 is 11.6 Å². The lowest BCUT2D eigenvalue weighted by Gasteiger charge is -2.24. The smallest absolute Gasteiger partial charge is 0.223 e. The minimum absolute atomic E-state index is 0.0534. The summed E-state index contributed by atoms with van der Waals surface area (Å²) in [4.78, 5) is 14.1. The summed E-state index contributed by atoms with van der Waals surface area (Å²) >= 11 is 6.41. The first-order valence-corrected chi connectivity index (χ1v) is 9.33. The van der Waals surface area contributed by atoms with E-state index in [0.717, 1.165) is 23.4 Å². The summed E-state index contributed by atoms with van der Waals surface area (Å²) in [6, 6.07) is 0.0534. The number of hydrogen-bond acceptors (Lipinski definition) is 4. The van der Waals surface area contributed by atoms with Crippen LogP contribution in [0, 0.1) is 5.92 Å². The van der Waals surface area contributed by atoms with Crippen molar-refractivity contribution in [3.05, 3.63) is 34.4 Å². The number of amides is 1. The topological polar surface area (TPSA) is 68.0 Å². The van der Waals surface area contributed by atoms with Crippen LogP contribution in [0.3, 0.4) is 0 Å². The highest BCUT2D eigenvalue weighted by Crippen LogP contribution is 2.36. The maximum absolute atomic E-state index is 12.2. The van der Waals surface area contributed by atoms with Gasteiger partial charge in [0.2, 0.25) is 5.91 Å². The van der Waals surface area contributed by atoms with Crippen LogP contribution in [0.15, 0.2) is 12.4 Å². The van der Waals surface area contributed by atoms with Crippen LogP contribution in [0.2, 0.25) is 5.15 Å². The van der Waals surface area contributed by atoms with E-state index in [-0.39, 0.29) is 17.9 Å². The molecule has 2 aromatic heterocycles. The fourth-order valence-electron chi connectivity index (χ4n) is 3.80. The van der Waals surface area contributed by atoms with E-state index in [2.05, 4.69) is 29.4 Å². The van der Waals surface area contributed by atoms with Gasteiger partial charge in [-0.25, -0.2) is 0 Å². The van der Waals surface area contributed by atoms with Crippen molar-refractivity contribution in [1.82, 2.24) is 29.8 Å². The molecule has 0 aliphatic carbocycles. The standard InChI is InChI=1S/C18H27ClN6O/c1-11(2)16-14(18(19)25(5)22-16)9-20-7-12-6-15(26)24(4)17(12)13-8-21-23(3)10-13/h8,10-12,17,20H,6-7,9H2,1-5H3/t12-,17+/m0/s1. The van der Waals surface area contributed by atoms with Gasteiger partial charge in [-0.15, -0.1) is 0 Å². The van der Waals surface area contributed by atoms with Crippen molar-refractivity contribution in [1.29, 1.82) is 0 Å². The van der Waals surface area contributed by atoms with Gasteiger partial charge in [-0.1, -0.05) is 25.4 Å². The molecule has 3 rings (SSSR count). The predicted molar refractivity (Wildman–Crippen MR) is 101 cm³/mol. The first-order chi connectivity index (χ1) is 12.3. The third-order valence-electron chi connectivity index (χ3n) is 5.12. The molecular weight excluding hydrogens is 352 g/mol. The number of aromatic nitrogens is 4. The largest absolute Gasteiger partial charge is 0.338 e. The van der Waals surface area contributed by atoms with Crippen LogP contribution in [-0.2, 0) is 25.4 Å². The Bertz CT molecular complexity index is 796. The number of carbonyl (C=O) groups excluding carboxylic acids is 1. The van der Waals surface area contributed by atoms with Gasteiger partial charge in [0.15, 0.2) is 0 Å². The summed E-state index contributed by atoms with van der Waals surface area (Å²) in [5.74, 6) is 0.690. The second-order valence-corrected chi connectivity index (χ2v) is 7.78. The summed E-state index contributed by atoms with van der Waals surface area (Å²) in [5, 5.41) is 12.9. The highest BCUT2D eigenvalue weighted by Gasteiger charge is 2.38. The molecule has 0 bridgehead atoms. The Kier molecular flexibility index (Phi) is 5.39. The van der Waals surface area contributed by atoms with Crippen molar-refractivity contribution in [2.75, 3.05) is 13.6 Å². The molecule has 26 heavy (non-hydrogen) atoms. The van der Waals surface area contributed by atoms with E-state index in [1.807, 2.05) is 38.4 Å². The van der Waals surface area contributed by atoms with Gasteiger partial charge in [0.25, 0.3) is 0 Å². The molecule has 7 nitrogen and oxygen atoms in total. The number of carbonyl (C=O) groups is 1. The number of hydrogen-bond donors (Lipinski definition) is 1. The van der Waals surface area contributed by atoms with Crippen LogP contribution < -0.4 is 5.32 Å². The quantitative estimate of drug-likeness (QED) is 0.837. The van der Waals surface area contributed by atoms with E-state index < -0.39 is 0 Å². The zero-order chi connectivity index (χ0) is 19.0. The molecule has 1 aliphatic rings. The summed E-state index contributed by atoms with van der Waals surface area (Å²) in [5.41, 5.74) is 3.14. The summed E-state index contributed by atoms with van der Waals surface area (Å²) < 4.78 is 3.50. The Hall–Kier alpha value is -1.86. The van der Waals surface area contributed by atoms with Crippen molar-refractivity contribution in [2.24, 2.45) is 20.0 Å². The lowest BCUT2D eigenvalue weighted by molar-refractivity contribution is -0.127. The zero-order valence-electron chi connectivity index (χ0n) is 16.0. The van der Waals surface area contributed by atoms with Crippen LogP contribution in [0.25, 0.3) is 0 Å². The monoisotopic (exact) mass is 378 g/mol. The Labute approximate surface area is 159 Å². The molecule has 3 heterocycles. The molecule has 1 fully saturated rings. The maximum Gasteiger partial charge on any atom is 0.223 e. The molecule has 8 heteroatoms. The molecule has 1 aliphatic heterocycles. The summed E-state index contributed by atoms with van der Waals surface area (Å²) in [7, 11) is 5.63. The van der Waals surface area contributed by atoms with Crippen molar-refractivity contribution in [3.63, 3.8) is 0 Å². The van der Waals surface area contributed by atoms with Crippen molar-refractivity contribution in [2.45, 2.75) is 38.8 Å². The molecule has 1 N–H and O–H groups in total. The molecule has 1 saturated heterocycles. The van der Waals surface area contributed by atoms with Gasteiger partial charge in [-0.2, -0.15) is 10.2 Å². The van der Waals surface area contributed by atoms with E-state index in [0.29, 0.717) is 24.0 Å². The van der Waals surface area contributed by atoms with Crippen LogP contribution in [-0.4, -0.2) is 44.0 Å². The number of likely N-dealkylation sites (tertiary alicyclic amines) is 1. The number of nitrogens with one attached hydrogen (secondary N) is 1. The zero-order valence-corrected chi connectivity index (χ0v) is 16.8. The molecule has 0 spiro atoms. The Morgan fingerprint density at radius 1 is 1.35 bits per heavy atom. The molecule has 142 valence electrons. The van der Waals surface area contributed by atoms with Gasteiger partial charge in [-0.3, -0.25) is 14.2 Å². The Morgan fingerprint density at radius 2 is 2.08 bits per heavy atom. The average Bonchev–Trinajstić information content (AvgIpc) is 3.20. The number of nitrogens with zero attached hydrogens (tertiary/aromatic N) is 5. The van der Waals surface area contributed by atoms with Crippen LogP contribution in [0.4, 0.5) is 0 Å². The highest BCUT2D eigenvalue weighted by atomic mass is 35.5. The van der Waals surface area contributed by atoms with Gasteiger partial charge >= 0.3 is 0 Å². The van der Waals surface area contributed by atoms with Gasteiger partial charge in [0, 0.05) is 63.9 Å². The molecular formula is C18H27ClN6O. The van der Waals surface area contributed by atoms with E-state index in [4.69, 9.17) is 11.6 Å². The second-order valence-electron chi connectivity index (χ2n) is 7.42. The first kappa shape index (κ1) is 18.9. The maximum atomic E-state index is 12.2. The minimum Gasteiger partial charge on any atom is -0.338 e. The second kappa shape index (κ2) is 7.40. The van der Waals surface area contributed by atoms with E-state index in [1.54, 1.807) is 9.36 Å². The van der Waals surface area contributed by atoms with Crippen LogP contribution in [0.5, 0.6) is 0 Å². The normalized spacial score (nSPS) is 20.6. The van der Waals surface area contributed by atoms with Crippen molar-refractivity contribution < 1.29 is 4.79 Å². The van der Waals surface area contributed by atoms with E-state index >= 15 is 0 Å². The average molecular weight is 379 g/mol. The molecule has 0 saturated carbocycles. The van der Waals surface area contributed by atoms with Crippen LogP contribution in [0.1, 0.15) is 49.0 Å². The molecule has 0 radical (unpaired) electrons. The number of rotatable bonds is 6. The van der Waals surface area contributed by atoms with Crippen molar-refractivity contribution in [3.8, 4) is 0 Å². The highest BCUT2D eigenvalue weighted by molar-refractivity contribution is 6.30. The number of halogens is 1. The number of aryl methyl sites for hydroxylation is 2. The SMILES string of the molecule is CC(C)c1nn(C)c(Cl)c1CNC[C@@H]1CC(=O)N(C)[C@H]1c1cnn(C)c1. The van der Waals surface area contributed by atoms with Crippen molar-refractivity contribution >= 4 is 17.5 Å². The summed E-state index contributed by atoms with van der Waals surface area (Å²) in [6.45, 7) is 5.61. The molecule has 0 unspecified atom stereocenters. The lowest BCUT2D eigenvalue weighted by atomic mass is 9.95. The lowest BCUT2D eigenvalue weighted by Crippen LogP contribution is -2.29. The summed E-state index contributed by atoms with van der Waals surface area (Å²) in [6.07, 6.45) is 4.38. The third kappa shape index (κ3) is 3.50. The van der Waals surface area contributed by atoms with E-state index in [1.165, 1.54) is 0 Å². The Balaban J connectivity index is 1.70. The van der Waals surface area contributed by atoms with Gasteiger partial charge < -0.3 is 10.2 Å². The molecule has 0 aromatic carbocycles. The fourth-order valence-corrected chi connectivity index (χ4v) is 4.00. The Morgan fingerprint density at radius 3 is 2.69 bits per heavy atom. The van der Waals surface area contributed by atoms with Gasteiger partial charge in [0.1, 0.15) is 5.15 Å². The predicted octanol–water partition coefficient (Wildman–Crippen LogP) is 2.24.